The predicted octanol–water partition coefficient (Wildman–Crippen LogP) is 1.51. The van der Waals surface area contributed by atoms with Gasteiger partial charge in [-0.1, -0.05) is 6.92 Å². The number of rotatable bonds is 4. The number of aromatic nitrogens is 2. The summed E-state index contributed by atoms with van der Waals surface area (Å²) in [6, 6.07) is 2.40. The minimum absolute atomic E-state index is 0.265. The number of carbonyl (C=O) groups is 1. The largest absolute Gasteiger partial charge is 0.356 e. The van der Waals surface area contributed by atoms with Gasteiger partial charge in [0.1, 0.15) is 12.1 Å². The molecule has 2 aliphatic heterocycles. The number of anilines is 1. The second kappa shape index (κ2) is 6.90. The Morgan fingerprint density at radius 2 is 2.08 bits per heavy atom. The van der Waals surface area contributed by atoms with Gasteiger partial charge in [-0.15, -0.1) is 0 Å². The van der Waals surface area contributed by atoms with Gasteiger partial charge in [-0.2, -0.15) is 0 Å². The molecule has 3 fully saturated rings. The minimum atomic E-state index is 0.265. The summed E-state index contributed by atoms with van der Waals surface area (Å²) >= 11 is 0. The fourth-order valence-electron chi connectivity index (χ4n) is 4.50. The lowest BCUT2D eigenvalue weighted by Crippen LogP contribution is -2.46. The van der Waals surface area contributed by atoms with Gasteiger partial charge >= 0.3 is 0 Å². The van der Waals surface area contributed by atoms with E-state index >= 15 is 0 Å². The molecule has 25 heavy (non-hydrogen) atoms. The standard InChI is InChI=1S/C19H29N5O/c1-2-14-11-17(22-13-21-14)24-9-3-15(4-10-24)23-18(25)16-12-19(16)5-7-20-8-6-19/h11,13,15-16,20H,2-10,12H2,1H3,(H,23,25). The van der Waals surface area contributed by atoms with Crippen LogP contribution in [-0.2, 0) is 11.2 Å². The summed E-state index contributed by atoms with van der Waals surface area (Å²) in [6.45, 7) is 6.15. The van der Waals surface area contributed by atoms with Gasteiger partial charge < -0.3 is 15.5 Å². The summed E-state index contributed by atoms with van der Waals surface area (Å²) in [7, 11) is 0. The van der Waals surface area contributed by atoms with E-state index in [1.807, 2.05) is 0 Å². The molecule has 1 aromatic rings. The molecule has 3 aliphatic rings. The topological polar surface area (TPSA) is 70.2 Å². The number of nitrogens with zero attached hydrogens (tertiary/aromatic N) is 3. The van der Waals surface area contributed by atoms with Crippen molar-refractivity contribution in [1.82, 2.24) is 20.6 Å². The second-order valence-electron chi connectivity index (χ2n) is 7.86. The van der Waals surface area contributed by atoms with Crippen molar-refractivity contribution < 1.29 is 4.79 Å². The first-order valence-corrected chi connectivity index (χ1v) is 9.77. The van der Waals surface area contributed by atoms with E-state index in [2.05, 4.69) is 38.5 Å². The molecule has 1 atom stereocenters. The van der Waals surface area contributed by atoms with Gasteiger partial charge in [0.2, 0.25) is 5.91 Å². The minimum Gasteiger partial charge on any atom is -0.356 e. The Bertz CT molecular complexity index is 620. The van der Waals surface area contributed by atoms with Crippen molar-refractivity contribution in [1.29, 1.82) is 0 Å². The van der Waals surface area contributed by atoms with Gasteiger partial charge in [0, 0.05) is 36.8 Å². The maximum absolute atomic E-state index is 12.6. The zero-order chi connectivity index (χ0) is 17.3. The molecule has 1 aliphatic carbocycles. The van der Waals surface area contributed by atoms with Gasteiger partial charge in [0.15, 0.2) is 0 Å². The summed E-state index contributed by atoms with van der Waals surface area (Å²) in [5.41, 5.74) is 1.41. The number of amides is 1. The van der Waals surface area contributed by atoms with Crippen LogP contribution >= 0.6 is 0 Å². The molecule has 1 aromatic heterocycles. The van der Waals surface area contributed by atoms with Gasteiger partial charge in [0.05, 0.1) is 0 Å². The number of piperidine rings is 2. The number of hydrogen-bond acceptors (Lipinski definition) is 5. The quantitative estimate of drug-likeness (QED) is 0.867. The van der Waals surface area contributed by atoms with E-state index in [1.54, 1.807) is 6.33 Å². The Morgan fingerprint density at radius 3 is 2.80 bits per heavy atom. The van der Waals surface area contributed by atoms with Gasteiger partial charge in [-0.3, -0.25) is 4.79 Å². The molecule has 6 nitrogen and oxygen atoms in total. The van der Waals surface area contributed by atoms with E-state index in [4.69, 9.17) is 0 Å². The van der Waals surface area contributed by atoms with E-state index in [0.717, 1.165) is 76.2 Å². The van der Waals surface area contributed by atoms with Crippen molar-refractivity contribution in [3.63, 3.8) is 0 Å². The van der Waals surface area contributed by atoms with E-state index in [0.29, 0.717) is 17.4 Å². The fraction of sp³-hybridized carbons (Fsp3) is 0.737. The van der Waals surface area contributed by atoms with Gasteiger partial charge in [0.25, 0.3) is 0 Å². The molecule has 0 radical (unpaired) electrons. The number of nitrogens with one attached hydrogen (secondary N) is 2. The average molecular weight is 343 g/mol. The summed E-state index contributed by atoms with van der Waals surface area (Å²) in [6.07, 6.45) is 8.01. The molecule has 1 unspecified atom stereocenters. The van der Waals surface area contributed by atoms with Crippen LogP contribution in [0.1, 0.15) is 44.7 Å². The third-order valence-electron chi connectivity index (χ3n) is 6.34. The lowest BCUT2D eigenvalue weighted by atomic mass is 9.91. The zero-order valence-corrected chi connectivity index (χ0v) is 15.1. The Morgan fingerprint density at radius 1 is 1.32 bits per heavy atom. The van der Waals surface area contributed by atoms with Crippen molar-refractivity contribution in [3.8, 4) is 0 Å². The van der Waals surface area contributed by atoms with Crippen LogP contribution in [0.2, 0.25) is 0 Å². The monoisotopic (exact) mass is 343 g/mol. The van der Waals surface area contributed by atoms with Crippen LogP contribution in [0.25, 0.3) is 0 Å². The Balaban J connectivity index is 1.27. The first-order valence-electron chi connectivity index (χ1n) is 9.77. The van der Waals surface area contributed by atoms with Crippen LogP contribution in [0.5, 0.6) is 0 Å². The maximum Gasteiger partial charge on any atom is 0.223 e. The molecule has 1 amide bonds. The molecule has 0 aromatic carbocycles. The lowest BCUT2D eigenvalue weighted by molar-refractivity contribution is -0.124. The first kappa shape index (κ1) is 16.8. The van der Waals surface area contributed by atoms with Crippen LogP contribution in [0.15, 0.2) is 12.4 Å². The molecule has 2 saturated heterocycles. The zero-order valence-electron chi connectivity index (χ0n) is 15.1. The third kappa shape index (κ3) is 3.50. The highest BCUT2D eigenvalue weighted by molar-refractivity contribution is 5.83. The summed E-state index contributed by atoms with van der Waals surface area (Å²) in [5, 5.41) is 6.73. The molecule has 2 N–H and O–H groups in total. The molecular formula is C19H29N5O. The van der Waals surface area contributed by atoms with E-state index < -0.39 is 0 Å². The van der Waals surface area contributed by atoms with Gasteiger partial charge in [-0.25, -0.2) is 9.97 Å². The Hall–Kier alpha value is -1.69. The molecule has 3 heterocycles. The molecule has 4 rings (SSSR count). The third-order valence-corrected chi connectivity index (χ3v) is 6.34. The van der Waals surface area contributed by atoms with Crippen LogP contribution in [0.4, 0.5) is 5.82 Å². The van der Waals surface area contributed by atoms with Crippen LogP contribution in [0, 0.1) is 11.3 Å². The normalized spacial score (nSPS) is 25.8. The first-order chi connectivity index (χ1) is 12.2. The average Bonchev–Trinajstić information content (AvgIpc) is 3.36. The van der Waals surface area contributed by atoms with Gasteiger partial charge in [-0.05, 0) is 57.0 Å². The highest BCUT2D eigenvalue weighted by Crippen LogP contribution is 2.58. The van der Waals surface area contributed by atoms with Crippen molar-refractivity contribution in [2.45, 2.75) is 51.5 Å². The van der Waals surface area contributed by atoms with Crippen LogP contribution in [-0.4, -0.2) is 48.1 Å². The molecule has 6 heteroatoms. The second-order valence-corrected chi connectivity index (χ2v) is 7.86. The number of carbonyl (C=O) groups excluding carboxylic acids is 1. The molecule has 0 bridgehead atoms. The Labute approximate surface area is 149 Å². The highest BCUT2D eigenvalue weighted by atomic mass is 16.2. The molecular weight excluding hydrogens is 314 g/mol. The molecule has 1 spiro atoms. The SMILES string of the molecule is CCc1cc(N2CCC(NC(=O)C3CC34CCNCC4)CC2)ncn1. The van der Waals surface area contributed by atoms with Crippen LogP contribution < -0.4 is 15.5 Å². The molecule has 1 saturated carbocycles. The van der Waals surface area contributed by atoms with E-state index in [-0.39, 0.29) is 5.92 Å². The van der Waals surface area contributed by atoms with E-state index in [1.165, 1.54) is 0 Å². The van der Waals surface area contributed by atoms with Crippen molar-refractivity contribution >= 4 is 11.7 Å². The summed E-state index contributed by atoms with van der Waals surface area (Å²) in [4.78, 5) is 23.6. The Kier molecular flexibility index (Phi) is 4.63. The van der Waals surface area contributed by atoms with E-state index in [9.17, 15) is 4.79 Å². The summed E-state index contributed by atoms with van der Waals surface area (Å²) < 4.78 is 0. The number of aryl methyl sites for hydroxylation is 1. The lowest BCUT2D eigenvalue weighted by Gasteiger charge is -2.33. The predicted molar refractivity (Wildman–Crippen MR) is 97.4 cm³/mol. The fourth-order valence-corrected chi connectivity index (χ4v) is 4.50. The van der Waals surface area contributed by atoms with Crippen molar-refractivity contribution in [3.05, 3.63) is 18.1 Å². The highest BCUT2D eigenvalue weighted by Gasteiger charge is 2.57. The summed E-state index contributed by atoms with van der Waals surface area (Å²) in [5.74, 6) is 1.59. The smallest absolute Gasteiger partial charge is 0.223 e. The van der Waals surface area contributed by atoms with Crippen LogP contribution in [0.3, 0.4) is 0 Å². The maximum atomic E-state index is 12.6. The van der Waals surface area contributed by atoms with Crippen molar-refractivity contribution in [2.75, 3.05) is 31.1 Å². The number of hydrogen-bond donors (Lipinski definition) is 2. The molecule has 136 valence electrons. The van der Waals surface area contributed by atoms with Crippen molar-refractivity contribution in [2.24, 2.45) is 11.3 Å².